The fraction of sp³-hybridized carbons (Fsp3) is 0.300. The number of nitrogens with zero attached hydrogens (tertiary/aromatic N) is 3. The van der Waals surface area contributed by atoms with Gasteiger partial charge in [-0.1, -0.05) is 15.9 Å². The summed E-state index contributed by atoms with van der Waals surface area (Å²) >= 11 is 3.48. The van der Waals surface area contributed by atoms with Gasteiger partial charge in [-0.15, -0.1) is 0 Å². The van der Waals surface area contributed by atoms with E-state index in [9.17, 15) is 9.59 Å². The summed E-state index contributed by atoms with van der Waals surface area (Å²) in [7, 11) is 0. The summed E-state index contributed by atoms with van der Waals surface area (Å²) in [6, 6.07) is 7.40. The molecule has 0 bridgehead atoms. The molecule has 2 amide bonds. The van der Waals surface area contributed by atoms with E-state index in [1.165, 1.54) is 6.20 Å². The Morgan fingerprint density at radius 3 is 2.85 bits per heavy atom. The molecule has 0 saturated heterocycles. The van der Waals surface area contributed by atoms with Crippen molar-refractivity contribution >= 4 is 39.2 Å². The van der Waals surface area contributed by atoms with Crippen molar-refractivity contribution in [2.24, 2.45) is 0 Å². The summed E-state index contributed by atoms with van der Waals surface area (Å²) in [4.78, 5) is 34.5. The van der Waals surface area contributed by atoms with Crippen LogP contribution in [0.2, 0.25) is 0 Å². The molecule has 2 aliphatic rings. The van der Waals surface area contributed by atoms with Gasteiger partial charge in [-0.3, -0.25) is 14.6 Å². The number of nitrogens with one attached hydrogen (secondary N) is 1. The van der Waals surface area contributed by atoms with Crippen molar-refractivity contribution in [3.05, 3.63) is 63.0 Å². The zero-order chi connectivity index (χ0) is 19.2. The monoisotopic (exact) mass is 424 g/mol. The minimum atomic E-state index is -0.286. The van der Waals surface area contributed by atoms with Crippen LogP contribution in [-0.4, -0.2) is 34.8 Å². The standard InChI is InChI=1S/C20H17BrN4O2/c1-12-7-14(22-2)9-23-18(12)24-17(26)10-25-11-20(5-6-20)16-8-13(21)3-4-15(16)19(25)27/h3-4,7-9H,5-6,10-11H2,1H3,(H,23,24,26). The van der Waals surface area contributed by atoms with Gasteiger partial charge in [0.15, 0.2) is 0 Å². The number of pyridine rings is 1. The first kappa shape index (κ1) is 17.7. The molecule has 6 nitrogen and oxygen atoms in total. The fourth-order valence-corrected chi connectivity index (χ4v) is 4.00. The number of hydrogen-bond acceptors (Lipinski definition) is 3. The molecule has 0 radical (unpaired) electrons. The molecule has 1 aromatic carbocycles. The zero-order valence-electron chi connectivity index (χ0n) is 14.8. The molecule has 0 unspecified atom stereocenters. The predicted octanol–water partition coefficient (Wildman–Crippen LogP) is 3.83. The quantitative estimate of drug-likeness (QED) is 0.761. The maximum absolute atomic E-state index is 12.9. The van der Waals surface area contributed by atoms with Crippen molar-refractivity contribution in [1.29, 1.82) is 0 Å². The van der Waals surface area contributed by atoms with Gasteiger partial charge in [0, 0.05) is 28.2 Å². The molecule has 4 rings (SSSR count). The number of amides is 2. The second-order valence-electron chi connectivity index (χ2n) is 7.15. The summed E-state index contributed by atoms with van der Waals surface area (Å²) in [5.41, 5.74) is 2.90. The van der Waals surface area contributed by atoms with Crippen LogP contribution in [-0.2, 0) is 10.2 Å². The molecule has 1 aliphatic carbocycles. The summed E-state index contributed by atoms with van der Waals surface area (Å²) in [6.07, 6.45) is 3.48. The maximum atomic E-state index is 12.9. The SMILES string of the molecule is [C-]#[N+]c1cnc(NC(=O)CN2CC3(CC3)c3cc(Br)ccc3C2=O)c(C)c1. The van der Waals surface area contributed by atoms with Gasteiger partial charge >= 0.3 is 0 Å². The number of benzene rings is 1. The number of rotatable bonds is 3. The summed E-state index contributed by atoms with van der Waals surface area (Å²) < 4.78 is 0.968. The molecule has 1 saturated carbocycles. The van der Waals surface area contributed by atoms with E-state index in [0.717, 1.165) is 28.4 Å². The van der Waals surface area contributed by atoms with Gasteiger partial charge in [-0.05, 0) is 55.2 Å². The van der Waals surface area contributed by atoms with Crippen LogP contribution >= 0.6 is 15.9 Å². The van der Waals surface area contributed by atoms with Crippen LogP contribution in [0.4, 0.5) is 11.5 Å². The van der Waals surface area contributed by atoms with Gasteiger partial charge in [0.1, 0.15) is 12.4 Å². The Balaban J connectivity index is 1.52. The lowest BCUT2D eigenvalue weighted by Crippen LogP contribution is -2.46. The molecular formula is C20H17BrN4O2. The molecule has 7 heteroatoms. The second-order valence-corrected chi connectivity index (χ2v) is 8.07. The molecule has 1 spiro atoms. The molecule has 2 heterocycles. The highest BCUT2D eigenvalue weighted by molar-refractivity contribution is 9.10. The highest BCUT2D eigenvalue weighted by Crippen LogP contribution is 2.52. The van der Waals surface area contributed by atoms with Crippen molar-refractivity contribution < 1.29 is 9.59 Å². The van der Waals surface area contributed by atoms with Crippen LogP contribution in [0.15, 0.2) is 34.9 Å². The van der Waals surface area contributed by atoms with Crippen molar-refractivity contribution in [1.82, 2.24) is 9.88 Å². The van der Waals surface area contributed by atoms with Gasteiger partial charge in [0.25, 0.3) is 5.91 Å². The van der Waals surface area contributed by atoms with Crippen LogP contribution in [0.1, 0.15) is 34.3 Å². The number of carbonyl (C=O) groups is 2. The van der Waals surface area contributed by atoms with E-state index in [2.05, 4.69) is 31.1 Å². The Kier molecular flexibility index (Phi) is 4.23. The van der Waals surface area contributed by atoms with Crippen molar-refractivity contribution in [2.75, 3.05) is 18.4 Å². The molecule has 1 aromatic heterocycles. The molecule has 0 atom stereocenters. The Morgan fingerprint density at radius 1 is 1.41 bits per heavy atom. The average Bonchev–Trinajstić information content (AvgIpc) is 3.41. The molecule has 2 aromatic rings. The maximum Gasteiger partial charge on any atom is 0.254 e. The van der Waals surface area contributed by atoms with Gasteiger partial charge in [0.05, 0.1) is 6.57 Å². The Hall–Kier alpha value is -2.72. The number of fused-ring (bicyclic) bond motifs is 2. The number of hydrogen-bond donors (Lipinski definition) is 1. The second kappa shape index (κ2) is 6.46. The van der Waals surface area contributed by atoms with E-state index in [0.29, 0.717) is 23.6 Å². The number of halogens is 1. The normalized spacial score (nSPS) is 16.6. The van der Waals surface area contributed by atoms with Crippen molar-refractivity contribution in [3.63, 3.8) is 0 Å². The summed E-state index contributed by atoms with van der Waals surface area (Å²) in [6.45, 7) is 9.35. The third-order valence-electron chi connectivity index (χ3n) is 5.20. The average molecular weight is 425 g/mol. The highest BCUT2D eigenvalue weighted by Gasteiger charge is 2.51. The lowest BCUT2D eigenvalue weighted by Gasteiger charge is -2.34. The topological polar surface area (TPSA) is 66.7 Å². The van der Waals surface area contributed by atoms with Crippen molar-refractivity contribution in [3.8, 4) is 0 Å². The molecule has 136 valence electrons. The van der Waals surface area contributed by atoms with E-state index >= 15 is 0 Å². The van der Waals surface area contributed by atoms with Crippen LogP contribution in [0, 0.1) is 13.5 Å². The predicted molar refractivity (Wildman–Crippen MR) is 105 cm³/mol. The number of anilines is 1. The van der Waals surface area contributed by atoms with E-state index in [1.807, 2.05) is 18.2 Å². The lowest BCUT2D eigenvalue weighted by atomic mass is 9.86. The van der Waals surface area contributed by atoms with Gasteiger partial charge in [-0.2, -0.15) is 0 Å². The van der Waals surface area contributed by atoms with Crippen LogP contribution in [0.3, 0.4) is 0 Å². The Bertz CT molecular complexity index is 1010. The third kappa shape index (κ3) is 3.21. The highest BCUT2D eigenvalue weighted by atomic mass is 79.9. The molecule has 1 aliphatic heterocycles. The van der Waals surface area contributed by atoms with E-state index in [4.69, 9.17) is 6.57 Å². The molecule has 1 fully saturated rings. The summed E-state index contributed by atoms with van der Waals surface area (Å²) in [5.74, 6) is 0.0198. The minimum Gasteiger partial charge on any atom is -0.328 e. The largest absolute Gasteiger partial charge is 0.328 e. The van der Waals surface area contributed by atoms with E-state index in [1.54, 1.807) is 17.9 Å². The number of aryl methyl sites for hydroxylation is 1. The first-order valence-corrected chi connectivity index (χ1v) is 9.44. The first-order chi connectivity index (χ1) is 12.9. The van der Waals surface area contributed by atoms with E-state index in [-0.39, 0.29) is 23.8 Å². The lowest BCUT2D eigenvalue weighted by molar-refractivity contribution is -0.117. The van der Waals surface area contributed by atoms with Crippen molar-refractivity contribution in [2.45, 2.75) is 25.2 Å². The summed E-state index contributed by atoms with van der Waals surface area (Å²) in [5, 5.41) is 2.76. The zero-order valence-corrected chi connectivity index (χ0v) is 16.3. The third-order valence-corrected chi connectivity index (χ3v) is 5.70. The molecular weight excluding hydrogens is 408 g/mol. The van der Waals surface area contributed by atoms with Gasteiger partial charge in [-0.25, -0.2) is 4.85 Å². The smallest absolute Gasteiger partial charge is 0.254 e. The molecule has 1 N–H and O–H groups in total. The fourth-order valence-electron chi connectivity index (χ4n) is 3.64. The van der Waals surface area contributed by atoms with Crippen LogP contribution in [0.25, 0.3) is 4.85 Å². The number of carbonyl (C=O) groups excluding carboxylic acids is 2. The van der Waals surface area contributed by atoms with Gasteiger partial charge < -0.3 is 10.2 Å². The van der Waals surface area contributed by atoms with Crippen LogP contribution < -0.4 is 5.32 Å². The van der Waals surface area contributed by atoms with E-state index < -0.39 is 0 Å². The Labute approximate surface area is 165 Å². The van der Waals surface area contributed by atoms with Gasteiger partial charge in [0.2, 0.25) is 11.6 Å². The van der Waals surface area contributed by atoms with Crippen LogP contribution in [0.5, 0.6) is 0 Å². The number of aromatic nitrogens is 1. The first-order valence-electron chi connectivity index (χ1n) is 8.65. The minimum absolute atomic E-state index is 0.0121. The Morgan fingerprint density at radius 2 is 2.19 bits per heavy atom. The molecule has 27 heavy (non-hydrogen) atoms.